The highest BCUT2D eigenvalue weighted by Gasteiger charge is 2.12. The van der Waals surface area contributed by atoms with Crippen LogP contribution in [-0.4, -0.2) is 46.5 Å². The normalized spacial score (nSPS) is 11.2. The van der Waals surface area contributed by atoms with Crippen molar-refractivity contribution in [1.29, 1.82) is 0 Å². The van der Waals surface area contributed by atoms with Gasteiger partial charge in [0.05, 0.1) is 25.7 Å². The Morgan fingerprint density at radius 3 is 2.31 bits per heavy atom. The third-order valence-corrected chi connectivity index (χ3v) is 5.42. The summed E-state index contributed by atoms with van der Waals surface area (Å²) in [5, 5.41) is 15.5. The van der Waals surface area contributed by atoms with Crippen LogP contribution in [0.25, 0.3) is 0 Å². The predicted molar refractivity (Wildman–Crippen MR) is 125 cm³/mol. The number of thioether (sulfide) groups is 1. The number of carbonyl (C=O) groups excluding carboxylic acids is 1. The van der Waals surface area contributed by atoms with Crippen molar-refractivity contribution in [3.63, 3.8) is 0 Å². The minimum absolute atomic E-state index is 0.142. The maximum atomic E-state index is 12.1. The molecule has 0 saturated heterocycles. The molecule has 11 heteroatoms. The Morgan fingerprint density at radius 1 is 1.06 bits per heavy atom. The summed E-state index contributed by atoms with van der Waals surface area (Å²) in [5.74, 6) is 7.84. The zero-order chi connectivity index (χ0) is 22.9. The van der Waals surface area contributed by atoms with Crippen molar-refractivity contribution in [3.8, 4) is 11.5 Å². The van der Waals surface area contributed by atoms with E-state index in [-0.39, 0.29) is 17.6 Å². The summed E-state index contributed by atoms with van der Waals surface area (Å²) in [4.78, 5) is 12.1. The topological polar surface area (TPSA) is 129 Å². The molecule has 0 aliphatic heterocycles. The van der Waals surface area contributed by atoms with Crippen molar-refractivity contribution in [3.05, 3.63) is 59.7 Å². The van der Waals surface area contributed by atoms with Crippen molar-refractivity contribution in [1.82, 2.24) is 20.2 Å². The average molecular weight is 456 g/mol. The van der Waals surface area contributed by atoms with E-state index in [1.807, 2.05) is 55.5 Å². The monoisotopic (exact) mass is 455 g/mol. The molecule has 0 fully saturated rings. The number of hydrazone groups is 1. The molecule has 32 heavy (non-hydrogen) atoms. The third kappa shape index (κ3) is 6.14. The molecular formula is C21H25N7O3S. The first-order chi connectivity index (χ1) is 15.5. The van der Waals surface area contributed by atoms with E-state index in [1.54, 1.807) is 14.2 Å². The van der Waals surface area contributed by atoms with Gasteiger partial charge < -0.3 is 20.6 Å². The van der Waals surface area contributed by atoms with Crippen LogP contribution in [0.2, 0.25) is 0 Å². The second kappa shape index (κ2) is 11.0. The van der Waals surface area contributed by atoms with Crippen LogP contribution in [0.3, 0.4) is 0 Å². The molecule has 0 saturated carbocycles. The fourth-order valence-corrected chi connectivity index (χ4v) is 3.29. The molecular weight excluding hydrogens is 430 g/mol. The number of aromatic nitrogens is 3. The molecule has 0 aliphatic carbocycles. The maximum absolute atomic E-state index is 12.1. The summed E-state index contributed by atoms with van der Waals surface area (Å²) < 4.78 is 11.5. The Labute approximate surface area is 190 Å². The Bertz CT molecular complexity index is 1070. The van der Waals surface area contributed by atoms with Gasteiger partial charge in [0.1, 0.15) is 11.5 Å². The molecule has 1 aromatic heterocycles. The van der Waals surface area contributed by atoms with E-state index in [4.69, 9.17) is 15.3 Å². The first-order valence-electron chi connectivity index (χ1n) is 9.67. The largest absolute Gasteiger partial charge is 0.497 e. The highest BCUT2D eigenvalue weighted by atomic mass is 32.2. The Balaban J connectivity index is 1.49. The van der Waals surface area contributed by atoms with Crippen LogP contribution in [0.15, 0.2) is 58.8 Å². The van der Waals surface area contributed by atoms with Gasteiger partial charge in [-0.3, -0.25) is 4.79 Å². The number of nitrogens with one attached hydrogen (secondary N) is 2. The van der Waals surface area contributed by atoms with Crippen molar-refractivity contribution < 1.29 is 14.3 Å². The van der Waals surface area contributed by atoms with Crippen LogP contribution in [0.4, 0.5) is 5.95 Å². The molecule has 0 aliphatic rings. The summed E-state index contributed by atoms with van der Waals surface area (Å²) >= 11 is 1.18. The van der Waals surface area contributed by atoms with Crippen LogP contribution in [0, 0.1) is 0 Å². The summed E-state index contributed by atoms with van der Waals surface area (Å²) in [6, 6.07) is 15.0. The lowest BCUT2D eigenvalue weighted by Crippen LogP contribution is -2.25. The van der Waals surface area contributed by atoms with E-state index in [1.165, 1.54) is 16.4 Å². The highest BCUT2D eigenvalue weighted by molar-refractivity contribution is 7.99. The molecule has 10 nitrogen and oxygen atoms in total. The standard InChI is InChI=1S/C21H25N7O3S/c1-14(16-6-10-18(31-3)11-7-16)24-25-20-26-27-21(28(20)22)32-13-19(29)23-12-15-4-8-17(30-2)9-5-15/h4-11H,12-13,22H2,1-3H3,(H,23,29)(H,25,26)/b24-14+. The number of hydrogen-bond acceptors (Lipinski definition) is 9. The smallest absolute Gasteiger partial charge is 0.264 e. The minimum atomic E-state index is -0.142. The van der Waals surface area contributed by atoms with Gasteiger partial charge >= 0.3 is 0 Å². The summed E-state index contributed by atoms with van der Waals surface area (Å²) in [5.41, 5.74) is 5.44. The number of carbonyl (C=O) groups is 1. The van der Waals surface area contributed by atoms with E-state index >= 15 is 0 Å². The van der Waals surface area contributed by atoms with E-state index < -0.39 is 0 Å². The molecule has 2 aromatic carbocycles. The molecule has 4 N–H and O–H groups in total. The van der Waals surface area contributed by atoms with Gasteiger partial charge in [0.2, 0.25) is 11.1 Å². The first-order valence-corrected chi connectivity index (χ1v) is 10.7. The number of hydrogen-bond donors (Lipinski definition) is 3. The molecule has 0 unspecified atom stereocenters. The average Bonchev–Trinajstić information content (AvgIpc) is 3.19. The van der Waals surface area contributed by atoms with Gasteiger partial charge in [0, 0.05) is 6.54 Å². The van der Waals surface area contributed by atoms with Gasteiger partial charge in [-0.1, -0.05) is 23.9 Å². The zero-order valence-electron chi connectivity index (χ0n) is 18.0. The molecule has 0 bridgehead atoms. The zero-order valence-corrected chi connectivity index (χ0v) is 18.8. The van der Waals surface area contributed by atoms with Gasteiger partial charge in [0.15, 0.2) is 0 Å². The van der Waals surface area contributed by atoms with Gasteiger partial charge in [-0.25, -0.2) is 10.1 Å². The summed E-state index contributed by atoms with van der Waals surface area (Å²) in [6.07, 6.45) is 0. The number of nitrogen functional groups attached to an aromatic ring is 1. The van der Waals surface area contributed by atoms with Gasteiger partial charge in [-0.05, 0) is 54.4 Å². The second-order valence-electron chi connectivity index (χ2n) is 6.63. The van der Waals surface area contributed by atoms with E-state index in [9.17, 15) is 4.79 Å². The lowest BCUT2D eigenvalue weighted by Gasteiger charge is -2.07. The SMILES string of the molecule is COc1ccc(CNC(=O)CSc2nnc(N/N=C(\C)c3ccc(OC)cc3)n2N)cc1. The minimum Gasteiger partial charge on any atom is -0.497 e. The van der Waals surface area contributed by atoms with Crippen molar-refractivity contribution in [2.45, 2.75) is 18.6 Å². The Morgan fingerprint density at radius 2 is 1.69 bits per heavy atom. The fourth-order valence-electron chi connectivity index (χ4n) is 2.61. The van der Waals surface area contributed by atoms with Crippen LogP contribution in [-0.2, 0) is 11.3 Å². The molecule has 168 valence electrons. The van der Waals surface area contributed by atoms with Gasteiger partial charge in [-0.15, -0.1) is 10.2 Å². The quantitative estimate of drug-likeness (QED) is 0.184. The molecule has 1 heterocycles. The van der Waals surface area contributed by atoms with Crippen molar-refractivity contribution in [2.24, 2.45) is 5.10 Å². The molecule has 1 amide bonds. The second-order valence-corrected chi connectivity index (χ2v) is 7.57. The van der Waals surface area contributed by atoms with E-state index in [2.05, 4.69) is 26.0 Å². The third-order valence-electron chi connectivity index (χ3n) is 4.48. The number of ether oxygens (including phenoxy) is 2. The van der Waals surface area contributed by atoms with E-state index in [0.29, 0.717) is 11.7 Å². The fraction of sp³-hybridized carbons (Fsp3) is 0.238. The van der Waals surface area contributed by atoms with Crippen LogP contribution in [0.5, 0.6) is 11.5 Å². The van der Waals surface area contributed by atoms with Crippen molar-refractivity contribution >= 4 is 29.3 Å². The number of rotatable bonds is 10. The number of anilines is 1. The summed E-state index contributed by atoms with van der Waals surface area (Å²) in [7, 11) is 3.23. The number of benzene rings is 2. The maximum Gasteiger partial charge on any atom is 0.264 e. The van der Waals surface area contributed by atoms with E-state index in [0.717, 1.165) is 28.3 Å². The van der Waals surface area contributed by atoms with Crippen LogP contribution in [0.1, 0.15) is 18.1 Å². The Kier molecular flexibility index (Phi) is 7.92. The molecule has 3 rings (SSSR count). The van der Waals surface area contributed by atoms with Crippen molar-refractivity contribution in [2.75, 3.05) is 31.2 Å². The highest BCUT2D eigenvalue weighted by Crippen LogP contribution is 2.17. The number of nitrogens with two attached hydrogens (primary N) is 1. The number of methoxy groups -OCH3 is 2. The molecule has 0 spiro atoms. The molecule has 0 radical (unpaired) electrons. The van der Waals surface area contributed by atoms with Gasteiger partial charge in [0.25, 0.3) is 5.95 Å². The lowest BCUT2D eigenvalue weighted by atomic mass is 10.1. The first kappa shape index (κ1) is 22.9. The van der Waals surface area contributed by atoms with Gasteiger partial charge in [-0.2, -0.15) is 5.10 Å². The Hall–Kier alpha value is -3.73. The molecule has 0 atom stereocenters. The predicted octanol–water partition coefficient (Wildman–Crippen LogP) is 2.25. The van der Waals surface area contributed by atoms with Crippen LogP contribution < -0.4 is 26.1 Å². The number of nitrogens with zero attached hydrogens (tertiary/aromatic N) is 4. The van der Waals surface area contributed by atoms with Crippen LogP contribution >= 0.6 is 11.8 Å². The lowest BCUT2D eigenvalue weighted by molar-refractivity contribution is -0.118. The summed E-state index contributed by atoms with van der Waals surface area (Å²) in [6.45, 7) is 2.28. The molecule has 3 aromatic rings. The number of amides is 1.